The van der Waals surface area contributed by atoms with Gasteiger partial charge in [-0.15, -0.1) is 0 Å². The van der Waals surface area contributed by atoms with Crippen molar-refractivity contribution in [2.45, 2.75) is 25.8 Å². The van der Waals surface area contributed by atoms with E-state index in [9.17, 15) is 4.79 Å². The molecule has 1 aliphatic rings. The summed E-state index contributed by atoms with van der Waals surface area (Å²) in [6, 6.07) is 7.39. The van der Waals surface area contributed by atoms with Gasteiger partial charge < -0.3 is 10.2 Å². The van der Waals surface area contributed by atoms with Crippen LogP contribution in [0.5, 0.6) is 0 Å². The number of benzene rings is 1. The molecule has 4 heteroatoms. The lowest BCUT2D eigenvalue weighted by atomic mass is 10.2. The number of carbonyl (C=O) groups excluding carboxylic acids is 1. The average molecular weight is 253 g/mol. The van der Waals surface area contributed by atoms with Gasteiger partial charge in [0, 0.05) is 17.3 Å². The van der Waals surface area contributed by atoms with E-state index in [1.807, 2.05) is 29.2 Å². The smallest absolute Gasteiger partial charge is 0.244 e. The van der Waals surface area contributed by atoms with Crippen molar-refractivity contribution in [2.75, 3.05) is 18.0 Å². The Kier molecular flexibility index (Phi) is 4.02. The Labute approximate surface area is 107 Å². The third-order valence-corrected chi connectivity index (χ3v) is 3.24. The van der Waals surface area contributed by atoms with Crippen LogP contribution in [0.15, 0.2) is 24.3 Å². The standard InChI is InChI=1S/C13H17ClN2O/c1-2-8-15-12-7-9-16(13(12)17)11-5-3-10(14)4-6-11/h3-6,12,15H,2,7-9H2,1H3. The maximum atomic E-state index is 12.1. The third kappa shape index (κ3) is 2.79. The molecule has 1 heterocycles. The first kappa shape index (κ1) is 12.4. The van der Waals surface area contributed by atoms with E-state index in [2.05, 4.69) is 12.2 Å². The maximum absolute atomic E-state index is 12.1. The summed E-state index contributed by atoms with van der Waals surface area (Å²) in [4.78, 5) is 14.0. The van der Waals surface area contributed by atoms with Gasteiger partial charge in [-0.05, 0) is 43.7 Å². The highest BCUT2D eigenvalue weighted by atomic mass is 35.5. The molecule has 2 rings (SSSR count). The van der Waals surface area contributed by atoms with E-state index in [1.54, 1.807) is 0 Å². The lowest BCUT2D eigenvalue weighted by Crippen LogP contribution is -2.38. The van der Waals surface area contributed by atoms with E-state index in [4.69, 9.17) is 11.6 Å². The molecular formula is C13H17ClN2O. The van der Waals surface area contributed by atoms with Gasteiger partial charge in [-0.3, -0.25) is 4.79 Å². The molecule has 0 radical (unpaired) electrons. The van der Waals surface area contributed by atoms with Crippen LogP contribution in [0.2, 0.25) is 5.02 Å². The van der Waals surface area contributed by atoms with Gasteiger partial charge in [-0.2, -0.15) is 0 Å². The van der Waals surface area contributed by atoms with Crippen molar-refractivity contribution in [1.82, 2.24) is 5.32 Å². The Hall–Kier alpha value is -1.06. The molecule has 1 amide bonds. The zero-order valence-electron chi connectivity index (χ0n) is 9.95. The molecule has 1 unspecified atom stereocenters. The second-order valence-corrected chi connectivity index (χ2v) is 4.70. The quantitative estimate of drug-likeness (QED) is 0.893. The SMILES string of the molecule is CCCNC1CCN(c2ccc(Cl)cc2)C1=O. The van der Waals surface area contributed by atoms with Gasteiger partial charge in [-0.1, -0.05) is 18.5 Å². The highest BCUT2D eigenvalue weighted by molar-refractivity contribution is 6.30. The maximum Gasteiger partial charge on any atom is 0.244 e. The Bertz CT molecular complexity index is 391. The topological polar surface area (TPSA) is 32.3 Å². The van der Waals surface area contributed by atoms with E-state index in [1.165, 1.54) is 0 Å². The summed E-state index contributed by atoms with van der Waals surface area (Å²) < 4.78 is 0. The van der Waals surface area contributed by atoms with Crippen LogP contribution < -0.4 is 10.2 Å². The second-order valence-electron chi connectivity index (χ2n) is 4.26. The predicted molar refractivity (Wildman–Crippen MR) is 70.5 cm³/mol. The Morgan fingerprint density at radius 3 is 2.76 bits per heavy atom. The lowest BCUT2D eigenvalue weighted by Gasteiger charge is -2.17. The van der Waals surface area contributed by atoms with Gasteiger partial charge in [-0.25, -0.2) is 0 Å². The number of amides is 1. The summed E-state index contributed by atoms with van der Waals surface area (Å²) in [5.41, 5.74) is 0.931. The summed E-state index contributed by atoms with van der Waals surface area (Å²) in [6.45, 7) is 3.77. The largest absolute Gasteiger partial charge is 0.311 e. The van der Waals surface area contributed by atoms with E-state index in [0.29, 0.717) is 5.02 Å². The van der Waals surface area contributed by atoms with Crippen molar-refractivity contribution in [3.05, 3.63) is 29.3 Å². The molecule has 92 valence electrons. The number of halogens is 1. The third-order valence-electron chi connectivity index (χ3n) is 2.98. The molecule has 0 aromatic heterocycles. The number of hydrogen-bond donors (Lipinski definition) is 1. The fourth-order valence-electron chi connectivity index (χ4n) is 2.07. The number of carbonyl (C=O) groups is 1. The zero-order valence-corrected chi connectivity index (χ0v) is 10.7. The highest BCUT2D eigenvalue weighted by Crippen LogP contribution is 2.23. The van der Waals surface area contributed by atoms with Crippen molar-refractivity contribution in [3.63, 3.8) is 0 Å². The Morgan fingerprint density at radius 1 is 1.41 bits per heavy atom. The van der Waals surface area contributed by atoms with Crippen LogP contribution in [0.4, 0.5) is 5.69 Å². The summed E-state index contributed by atoms with van der Waals surface area (Å²) in [7, 11) is 0. The molecule has 1 aromatic rings. The number of hydrogen-bond acceptors (Lipinski definition) is 2. The fraction of sp³-hybridized carbons (Fsp3) is 0.462. The first-order valence-electron chi connectivity index (χ1n) is 6.02. The zero-order chi connectivity index (χ0) is 12.3. The predicted octanol–water partition coefficient (Wildman–Crippen LogP) is 2.44. The molecule has 17 heavy (non-hydrogen) atoms. The number of nitrogens with zero attached hydrogens (tertiary/aromatic N) is 1. The number of nitrogens with one attached hydrogen (secondary N) is 1. The van der Waals surface area contributed by atoms with Crippen LogP contribution in [0.3, 0.4) is 0 Å². The molecule has 0 saturated carbocycles. The van der Waals surface area contributed by atoms with Crippen LogP contribution in [0.25, 0.3) is 0 Å². The van der Waals surface area contributed by atoms with E-state index in [0.717, 1.165) is 31.6 Å². The van der Waals surface area contributed by atoms with Gasteiger partial charge in [0.25, 0.3) is 0 Å². The molecule has 0 aliphatic carbocycles. The summed E-state index contributed by atoms with van der Waals surface area (Å²) in [5, 5.41) is 3.97. The van der Waals surface area contributed by atoms with Crippen LogP contribution in [0.1, 0.15) is 19.8 Å². The fourth-order valence-corrected chi connectivity index (χ4v) is 2.19. The van der Waals surface area contributed by atoms with Gasteiger partial charge in [0.15, 0.2) is 0 Å². The van der Waals surface area contributed by atoms with Crippen molar-refractivity contribution in [1.29, 1.82) is 0 Å². The minimum Gasteiger partial charge on any atom is -0.311 e. The normalized spacial score (nSPS) is 20.0. The molecule has 3 nitrogen and oxygen atoms in total. The summed E-state index contributed by atoms with van der Waals surface area (Å²) in [6.07, 6.45) is 1.92. The first-order chi connectivity index (χ1) is 8.22. The lowest BCUT2D eigenvalue weighted by molar-refractivity contribution is -0.118. The van der Waals surface area contributed by atoms with E-state index < -0.39 is 0 Å². The van der Waals surface area contributed by atoms with Crippen molar-refractivity contribution < 1.29 is 4.79 Å². The van der Waals surface area contributed by atoms with Crippen LogP contribution in [-0.4, -0.2) is 25.0 Å². The number of anilines is 1. The first-order valence-corrected chi connectivity index (χ1v) is 6.40. The average Bonchev–Trinajstić information content (AvgIpc) is 2.69. The molecule has 0 spiro atoms. The van der Waals surface area contributed by atoms with E-state index >= 15 is 0 Å². The van der Waals surface area contributed by atoms with Crippen LogP contribution >= 0.6 is 11.6 Å². The molecule has 1 N–H and O–H groups in total. The number of rotatable bonds is 4. The minimum absolute atomic E-state index is 0.0226. The highest BCUT2D eigenvalue weighted by Gasteiger charge is 2.31. The monoisotopic (exact) mass is 252 g/mol. The van der Waals surface area contributed by atoms with Crippen LogP contribution in [-0.2, 0) is 4.79 Å². The van der Waals surface area contributed by atoms with Gasteiger partial charge in [0.2, 0.25) is 5.91 Å². The molecule has 1 aliphatic heterocycles. The van der Waals surface area contributed by atoms with Crippen molar-refractivity contribution >= 4 is 23.2 Å². The molecule has 1 saturated heterocycles. The van der Waals surface area contributed by atoms with Crippen molar-refractivity contribution in [3.8, 4) is 0 Å². The molecule has 1 aromatic carbocycles. The molecule has 1 atom stereocenters. The van der Waals surface area contributed by atoms with Gasteiger partial charge in [0.1, 0.15) is 0 Å². The van der Waals surface area contributed by atoms with Gasteiger partial charge in [0.05, 0.1) is 6.04 Å². The molecule has 1 fully saturated rings. The Morgan fingerprint density at radius 2 is 2.12 bits per heavy atom. The summed E-state index contributed by atoms with van der Waals surface area (Å²) >= 11 is 5.84. The minimum atomic E-state index is -0.0226. The molecular weight excluding hydrogens is 236 g/mol. The Balaban J connectivity index is 2.04. The second kappa shape index (κ2) is 5.52. The van der Waals surface area contributed by atoms with Gasteiger partial charge >= 0.3 is 0 Å². The van der Waals surface area contributed by atoms with Crippen molar-refractivity contribution in [2.24, 2.45) is 0 Å². The summed E-state index contributed by atoms with van der Waals surface area (Å²) in [5.74, 6) is 0.167. The molecule has 0 bridgehead atoms. The van der Waals surface area contributed by atoms with Crippen LogP contribution in [0, 0.1) is 0 Å². The van der Waals surface area contributed by atoms with E-state index in [-0.39, 0.29) is 11.9 Å².